The van der Waals surface area contributed by atoms with Crippen LogP contribution >= 0.6 is 0 Å². The lowest BCUT2D eigenvalue weighted by Crippen LogP contribution is -2.14. The highest BCUT2D eigenvalue weighted by Crippen LogP contribution is 2.09. The third-order valence-corrected chi connectivity index (χ3v) is 1.94. The second-order valence-corrected chi connectivity index (χ2v) is 2.93. The van der Waals surface area contributed by atoms with Gasteiger partial charge in [-0.1, -0.05) is 0 Å². The van der Waals surface area contributed by atoms with Gasteiger partial charge in [0, 0.05) is 6.20 Å². The van der Waals surface area contributed by atoms with Gasteiger partial charge in [-0.3, -0.25) is 4.79 Å². The molecule has 0 saturated carbocycles. The van der Waals surface area contributed by atoms with Crippen LogP contribution in [0.4, 0.5) is 0 Å². The third kappa shape index (κ3) is 1.13. The van der Waals surface area contributed by atoms with Crippen molar-refractivity contribution >= 4 is 11.0 Å². The van der Waals surface area contributed by atoms with Crippen molar-refractivity contribution in [1.82, 2.24) is 14.5 Å². The monoisotopic (exact) mass is 178 g/mol. The summed E-state index contributed by atoms with van der Waals surface area (Å²) in [4.78, 5) is 17.8. The Balaban J connectivity index is 2.83. The van der Waals surface area contributed by atoms with Crippen LogP contribution in [0.15, 0.2) is 23.4 Å². The highest BCUT2D eigenvalue weighted by atomic mass is 16.1. The van der Waals surface area contributed by atoms with E-state index in [4.69, 9.17) is 5.73 Å². The molecule has 0 saturated heterocycles. The van der Waals surface area contributed by atoms with Crippen molar-refractivity contribution in [3.8, 4) is 0 Å². The Morgan fingerprint density at radius 2 is 2.46 bits per heavy atom. The summed E-state index contributed by atoms with van der Waals surface area (Å²) in [5.41, 5.74) is 6.69. The van der Waals surface area contributed by atoms with Gasteiger partial charge in [0.05, 0.1) is 18.0 Å². The third-order valence-electron chi connectivity index (χ3n) is 1.94. The number of nitrogens with one attached hydrogen (secondary N) is 1. The summed E-state index contributed by atoms with van der Waals surface area (Å²) in [5.74, 6) is 0. The molecular formula is C8H10N4O. The predicted octanol–water partition coefficient (Wildman–Crippen LogP) is 0.202. The summed E-state index contributed by atoms with van der Waals surface area (Å²) in [6.45, 7) is 1.84. The van der Waals surface area contributed by atoms with E-state index in [0.717, 1.165) is 5.52 Å². The van der Waals surface area contributed by atoms with Crippen LogP contribution in [-0.2, 0) is 0 Å². The quantitative estimate of drug-likeness (QED) is 0.655. The summed E-state index contributed by atoms with van der Waals surface area (Å²) < 4.78 is 1.75. The Kier molecular flexibility index (Phi) is 1.66. The smallest absolute Gasteiger partial charge is 0.276 e. The summed E-state index contributed by atoms with van der Waals surface area (Å²) in [6.07, 6.45) is 2.99. The molecule has 5 nitrogen and oxygen atoms in total. The van der Waals surface area contributed by atoms with Gasteiger partial charge in [0.25, 0.3) is 5.56 Å². The van der Waals surface area contributed by atoms with Gasteiger partial charge in [0.15, 0.2) is 5.52 Å². The maximum Gasteiger partial charge on any atom is 0.276 e. The summed E-state index contributed by atoms with van der Waals surface area (Å²) in [5, 5.41) is 0. The normalized spacial score (nSPS) is 13.4. The van der Waals surface area contributed by atoms with E-state index in [1.165, 1.54) is 0 Å². The Morgan fingerprint density at radius 3 is 3.15 bits per heavy atom. The van der Waals surface area contributed by atoms with Gasteiger partial charge in [-0.2, -0.15) is 0 Å². The zero-order valence-corrected chi connectivity index (χ0v) is 7.19. The van der Waals surface area contributed by atoms with Gasteiger partial charge in [0.2, 0.25) is 0 Å². The largest absolute Gasteiger partial charge is 0.327 e. The van der Waals surface area contributed by atoms with E-state index in [1.807, 2.05) is 6.92 Å². The number of fused-ring (bicyclic) bond motifs is 1. The van der Waals surface area contributed by atoms with E-state index in [-0.39, 0.29) is 11.7 Å². The number of H-pyrrole nitrogens is 1. The molecule has 1 atom stereocenters. The average molecular weight is 178 g/mol. The van der Waals surface area contributed by atoms with Crippen LogP contribution in [-0.4, -0.2) is 14.5 Å². The van der Waals surface area contributed by atoms with Crippen molar-refractivity contribution in [1.29, 1.82) is 0 Å². The van der Waals surface area contributed by atoms with Gasteiger partial charge in [-0.05, 0) is 13.0 Å². The molecule has 2 heterocycles. The molecule has 0 aliphatic heterocycles. The van der Waals surface area contributed by atoms with Crippen LogP contribution < -0.4 is 11.3 Å². The van der Waals surface area contributed by atoms with Crippen LogP contribution in [0.1, 0.15) is 13.1 Å². The minimum Gasteiger partial charge on any atom is -0.327 e. The van der Waals surface area contributed by atoms with E-state index in [9.17, 15) is 4.79 Å². The lowest BCUT2D eigenvalue weighted by atomic mass is 10.4. The van der Waals surface area contributed by atoms with Crippen molar-refractivity contribution in [3.05, 3.63) is 28.9 Å². The summed E-state index contributed by atoms with van der Waals surface area (Å²) >= 11 is 0. The summed E-state index contributed by atoms with van der Waals surface area (Å²) in [6, 6.07) is 1.78. The lowest BCUT2D eigenvalue weighted by Gasteiger charge is -2.06. The number of rotatable bonds is 1. The van der Waals surface area contributed by atoms with Gasteiger partial charge in [-0.25, -0.2) is 4.98 Å². The molecule has 2 aromatic rings. The van der Waals surface area contributed by atoms with Crippen molar-refractivity contribution in [2.75, 3.05) is 0 Å². The first-order valence-electron chi connectivity index (χ1n) is 4.00. The van der Waals surface area contributed by atoms with Crippen LogP contribution in [0.5, 0.6) is 0 Å². The first kappa shape index (κ1) is 8.00. The number of aromatic nitrogens is 3. The number of nitrogens with zero attached hydrogens (tertiary/aromatic N) is 2. The molecule has 1 unspecified atom stereocenters. The second kappa shape index (κ2) is 2.70. The standard InChI is InChI=1S/C8H10N4O/c1-5(9)12-4-11-7-6(12)2-3-10-8(7)13/h2-5H,9H2,1H3,(H,10,13). The summed E-state index contributed by atoms with van der Waals surface area (Å²) in [7, 11) is 0. The van der Waals surface area contributed by atoms with Gasteiger partial charge < -0.3 is 15.3 Å². The molecule has 2 aromatic heterocycles. The molecule has 3 N–H and O–H groups in total. The van der Waals surface area contributed by atoms with Crippen LogP contribution in [0.25, 0.3) is 11.0 Å². The van der Waals surface area contributed by atoms with E-state index in [2.05, 4.69) is 9.97 Å². The first-order valence-corrected chi connectivity index (χ1v) is 4.00. The van der Waals surface area contributed by atoms with E-state index >= 15 is 0 Å². The number of imidazole rings is 1. The van der Waals surface area contributed by atoms with Crippen LogP contribution in [0.2, 0.25) is 0 Å². The number of nitrogens with two attached hydrogens (primary N) is 1. The second-order valence-electron chi connectivity index (χ2n) is 2.93. The fraction of sp³-hybridized carbons (Fsp3) is 0.250. The molecule has 0 radical (unpaired) electrons. The van der Waals surface area contributed by atoms with Gasteiger partial charge >= 0.3 is 0 Å². The molecule has 13 heavy (non-hydrogen) atoms. The fourth-order valence-electron chi connectivity index (χ4n) is 1.30. The molecule has 2 rings (SSSR count). The molecule has 0 aliphatic carbocycles. The van der Waals surface area contributed by atoms with E-state index < -0.39 is 0 Å². The maximum absolute atomic E-state index is 11.2. The Labute approximate surface area is 74.2 Å². The molecule has 68 valence electrons. The lowest BCUT2D eigenvalue weighted by molar-refractivity contribution is 0.587. The Morgan fingerprint density at radius 1 is 1.69 bits per heavy atom. The molecule has 5 heteroatoms. The van der Waals surface area contributed by atoms with Gasteiger partial charge in [0.1, 0.15) is 0 Å². The molecular weight excluding hydrogens is 168 g/mol. The highest BCUT2D eigenvalue weighted by Gasteiger charge is 2.06. The molecule has 0 aliphatic rings. The molecule has 0 fully saturated rings. The van der Waals surface area contributed by atoms with Crippen molar-refractivity contribution < 1.29 is 0 Å². The Bertz CT molecular complexity index is 482. The van der Waals surface area contributed by atoms with Gasteiger partial charge in [-0.15, -0.1) is 0 Å². The molecule has 0 bridgehead atoms. The number of hydrogen-bond acceptors (Lipinski definition) is 3. The van der Waals surface area contributed by atoms with Crippen molar-refractivity contribution in [2.45, 2.75) is 13.1 Å². The fourth-order valence-corrected chi connectivity index (χ4v) is 1.30. The zero-order valence-electron chi connectivity index (χ0n) is 7.19. The van der Waals surface area contributed by atoms with E-state index in [0.29, 0.717) is 5.52 Å². The van der Waals surface area contributed by atoms with E-state index in [1.54, 1.807) is 23.2 Å². The average Bonchev–Trinajstić information content (AvgIpc) is 2.48. The minimum absolute atomic E-state index is 0.174. The maximum atomic E-state index is 11.2. The minimum atomic E-state index is -0.183. The number of hydrogen-bond donors (Lipinski definition) is 2. The highest BCUT2D eigenvalue weighted by molar-refractivity contribution is 5.73. The zero-order chi connectivity index (χ0) is 9.42. The van der Waals surface area contributed by atoms with Crippen LogP contribution in [0.3, 0.4) is 0 Å². The van der Waals surface area contributed by atoms with Crippen LogP contribution in [0, 0.1) is 0 Å². The molecule has 0 spiro atoms. The first-order chi connectivity index (χ1) is 6.20. The predicted molar refractivity (Wildman–Crippen MR) is 49.3 cm³/mol. The number of pyridine rings is 1. The number of aromatic amines is 1. The topological polar surface area (TPSA) is 76.7 Å². The van der Waals surface area contributed by atoms with Crippen molar-refractivity contribution in [2.24, 2.45) is 5.73 Å². The molecule has 0 aromatic carbocycles. The SMILES string of the molecule is CC(N)n1cnc2c(=O)[nH]ccc21. The van der Waals surface area contributed by atoms with Crippen molar-refractivity contribution in [3.63, 3.8) is 0 Å². The Hall–Kier alpha value is -1.62. The molecule has 0 amide bonds.